The molecule has 2 saturated carbocycles. The van der Waals surface area contributed by atoms with Crippen LogP contribution in [0.3, 0.4) is 0 Å². The summed E-state index contributed by atoms with van der Waals surface area (Å²) in [5.74, 6) is 4.70. The Kier molecular flexibility index (Phi) is 11.0. The molecule has 6 rings (SSSR count). The minimum Gasteiger partial charge on any atom is -0.369 e. The van der Waals surface area contributed by atoms with Crippen LogP contribution in [0.1, 0.15) is 122 Å². The van der Waals surface area contributed by atoms with Gasteiger partial charge in [-0.2, -0.15) is 0 Å². The second kappa shape index (κ2) is 15.1. The number of nitrogens with zero attached hydrogens (tertiary/aromatic N) is 2. The molecule has 3 aliphatic rings. The molecular weight excluding hydrogens is 579 g/mol. The van der Waals surface area contributed by atoms with E-state index in [4.69, 9.17) is 21.6 Å². The van der Waals surface area contributed by atoms with Crippen molar-refractivity contribution in [2.75, 3.05) is 18.4 Å². The van der Waals surface area contributed by atoms with Gasteiger partial charge in [-0.3, -0.25) is 0 Å². The lowest BCUT2D eigenvalue weighted by atomic mass is 9.79. The predicted molar refractivity (Wildman–Crippen MR) is 188 cm³/mol. The van der Waals surface area contributed by atoms with Crippen LogP contribution in [0.25, 0.3) is 22.0 Å². The highest BCUT2D eigenvalue weighted by Gasteiger charge is 2.30. The van der Waals surface area contributed by atoms with Crippen molar-refractivity contribution in [3.63, 3.8) is 0 Å². The Morgan fingerprint density at radius 1 is 1.02 bits per heavy atom. The molecule has 3 aromatic rings. The third-order valence-electron chi connectivity index (χ3n) is 11.1. The fraction of sp³-hybridized carbons (Fsp3) is 0.641. The van der Waals surface area contributed by atoms with Crippen LogP contribution in [0.4, 0.5) is 10.2 Å². The minimum absolute atomic E-state index is 0.255. The summed E-state index contributed by atoms with van der Waals surface area (Å²) in [6.45, 7) is 9.15. The Morgan fingerprint density at radius 3 is 2.64 bits per heavy atom. The van der Waals surface area contributed by atoms with E-state index in [0.29, 0.717) is 34.9 Å². The third kappa shape index (κ3) is 8.38. The number of benzene rings is 2. The molecule has 2 heterocycles. The molecule has 0 amide bonds. The summed E-state index contributed by atoms with van der Waals surface area (Å²) in [4.78, 5) is 10.0. The molecule has 0 spiro atoms. The van der Waals surface area contributed by atoms with E-state index in [1.165, 1.54) is 57.8 Å². The van der Waals surface area contributed by atoms with E-state index in [1.807, 2.05) is 30.3 Å². The number of hydrogen-bond acceptors (Lipinski definition) is 4. The molecule has 4 nitrogen and oxygen atoms in total. The summed E-state index contributed by atoms with van der Waals surface area (Å²) in [5.41, 5.74) is 3.02. The average Bonchev–Trinajstić information content (AvgIpc) is 3.95. The number of halogens is 2. The SMILES string of the molecule is CCC(C)[C@@H](CCc1nc(NCCCCC2CN2)c2ccc(-c3cccc(Cl)c3C3CC3)c(F)c2n1)CC1CCCC(C)CC1. The van der Waals surface area contributed by atoms with Crippen LogP contribution in [0, 0.1) is 29.5 Å². The van der Waals surface area contributed by atoms with Gasteiger partial charge in [-0.05, 0) is 91.4 Å². The van der Waals surface area contributed by atoms with E-state index in [9.17, 15) is 0 Å². The maximum Gasteiger partial charge on any atom is 0.157 e. The van der Waals surface area contributed by atoms with Crippen molar-refractivity contribution in [1.29, 1.82) is 0 Å². The number of nitrogens with one attached hydrogen (secondary N) is 2. The summed E-state index contributed by atoms with van der Waals surface area (Å²) in [7, 11) is 0. The number of hydrogen-bond donors (Lipinski definition) is 2. The van der Waals surface area contributed by atoms with E-state index in [2.05, 4.69) is 31.4 Å². The monoisotopic (exact) mass is 632 g/mol. The molecule has 1 saturated heterocycles. The Morgan fingerprint density at radius 2 is 1.87 bits per heavy atom. The van der Waals surface area contributed by atoms with Gasteiger partial charge in [-0.25, -0.2) is 14.4 Å². The fourth-order valence-corrected chi connectivity index (χ4v) is 8.07. The van der Waals surface area contributed by atoms with Crippen LogP contribution in [0.2, 0.25) is 5.02 Å². The summed E-state index contributed by atoms with van der Waals surface area (Å²) in [6, 6.07) is 10.5. The van der Waals surface area contributed by atoms with Crippen LogP contribution < -0.4 is 10.6 Å². The molecule has 2 N–H and O–H groups in total. The second-order valence-corrected chi connectivity index (χ2v) is 15.1. The van der Waals surface area contributed by atoms with Crippen molar-refractivity contribution in [1.82, 2.24) is 15.3 Å². The third-order valence-corrected chi connectivity index (χ3v) is 11.5. The second-order valence-electron chi connectivity index (χ2n) is 14.7. The zero-order valence-corrected chi connectivity index (χ0v) is 28.6. The number of aromatic nitrogens is 2. The van der Waals surface area contributed by atoms with Crippen molar-refractivity contribution in [3.05, 3.63) is 52.6 Å². The van der Waals surface area contributed by atoms with Gasteiger partial charge in [-0.15, -0.1) is 0 Å². The maximum atomic E-state index is 16.6. The number of anilines is 1. The quantitative estimate of drug-likeness (QED) is 0.0994. The first kappa shape index (κ1) is 32.7. The molecule has 45 heavy (non-hydrogen) atoms. The molecular formula is C39H54ClFN4. The van der Waals surface area contributed by atoms with Crippen molar-refractivity contribution in [3.8, 4) is 11.1 Å². The van der Waals surface area contributed by atoms with Crippen molar-refractivity contribution in [2.24, 2.45) is 23.7 Å². The molecule has 4 unspecified atom stereocenters. The summed E-state index contributed by atoms with van der Waals surface area (Å²) in [5, 5.41) is 8.49. The number of rotatable bonds is 15. The van der Waals surface area contributed by atoms with E-state index >= 15 is 4.39 Å². The Bertz CT molecular complexity index is 1430. The lowest BCUT2D eigenvalue weighted by Crippen LogP contribution is -2.18. The van der Waals surface area contributed by atoms with E-state index in [-0.39, 0.29) is 5.82 Å². The molecule has 1 aliphatic heterocycles. The van der Waals surface area contributed by atoms with Gasteiger partial charge in [0.05, 0.1) is 0 Å². The molecule has 1 aromatic heterocycles. The van der Waals surface area contributed by atoms with Crippen LogP contribution in [-0.2, 0) is 6.42 Å². The lowest BCUT2D eigenvalue weighted by molar-refractivity contribution is 0.245. The first-order valence-electron chi connectivity index (χ1n) is 18.2. The van der Waals surface area contributed by atoms with E-state index < -0.39 is 0 Å². The Labute approximate surface area is 275 Å². The van der Waals surface area contributed by atoms with Crippen molar-refractivity contribution in [2.45, 2.75) is 123 Å². The molecule has 0 radical (unpaired) electrons. The van der Waals surface area contributed by atoms with Crippen LogP contribution in [0.15, 0.2) is 30.3 Å². The smallest absolute Gasteiger partial charge is 0.157 e. The molecule has 0 bridgehead atoms. The normalized spacial score (nSPS) is 23.1. The number of fused-ring (bicyclic) bond motifs is 1. The van der Waals surface area contributed by atoms with Gasteiger partial charge in [0.1, 0.15) is 17.2 Å². The van der Waals surface area contributed by atoms with Gasteiger partial charge in [0.2, 0.25) is 0 Å². The van der Waals surface area contributed by atoms with Crippen LogP contribution in [-0.4, -0.2) is 29.1 Å². The van der Waals surface area contributed by atoms with Crippen LogP contribution >= 0.6 is 11.6 Å². The van der Waals surface area contributed by atoms with Gasteiger partial charge in [0, 0.05) is 41.5 Å². The summed E-state index contributed by atoms with van der Waals surface area (Å²) >= 11 is 6.67. The molecule has 6 heteroatoms. The van der Waals surface area contributed by atoms with Crippen molar-refractivity contribution >= 4 is 28.3 Å². The van der Waals surface area contributed by atoms with Crippen molar-refractivity contribution < 1.29 is 4.39 Å². The van der Waals surface area contributed by atoms with Gasteiger partial charge >= 0.3 is 0 Å². The highest BCUT2D eigenvalue weighted by Crippen LogP contribution is 2.48. The van der Waals surface area contributed by atoms with E-state index in [0.717, 1.165) is 90.2 Å². The summed E-state index contributed by atoms with van der Waals surface area (Å²) in [6.07, 6.45) is 16.9. The minimum atomic E-state index is -0.255. The zero-order chi connectivity index (χ0) is 31.3. The van der Waals surface area contributed by atoms with Gasteiger partial charge < -0.3 is 10.6 Å². The molecule has 5 atom stereocenters. The average molecular weight is 633 g/mol. The molecule has 2 aliphatic carbocycles. The van der Waals surface area contributed by atoms with Gasteiger partial charge in [0.25, 0.3) is 0 Å². The highest BCUT2D eigenvalue weighted by atomic mass is 35.5. The Balaban J connectivity index is 1.27. The van der Waals surface area contributed by atoms with E-state index in [1.54, 1.807) is 0 Å². The number of aryl methyl sites for hydroxylation is 1. The predicted octanol–water partition coefficient (Wildman–Crippen LogP) is 10.7. The maximum absolute atomic E-state index is 16.6. The zero-order valence-electron chi connectivity index (χ0n) is 27.8. The largest absolute Gasteiger partial charge is 0.369 e. The number of unbranched alkanes of at least 4 members (excludes halogenated alkanes) is 1. The molecule has 2 aromatic carbocycles. The summed E-state index contributed by atoms with van der Waals surface area (Å²) < 4.78 is 16.6. The molecule has 244 valence electrons. The first-order chi connectivity index (χ1) is 21.9. The Hall–Kier alpha value is -2.24. The van der Waals surface area contributed by atoms with Crippen LogP contribution in [0.5, 0.6) is 0 Å². The van der Waals surface area contributed by atoms with Gasteiger partial charge in [-0.1, -0.05) is 95.5 Å². The first-order valence-corrected chi connectivity index (χ1v) is 18.5. The topological polar surface area (TPSA) is 59.8 Å². The standard InChI is InChI=1S/C39H54ClFN4/c1-4-26(3)29(23-27-10-7-9-25(2)14-15-27)18-21-35-44-38-33(39(45-35)42-22-6-5-11-30-24-43-30)20-19-32(37(38)41)31-12-8-13-34(40)36(31)28-16-17-28/h8,12-13,19-20,25-30,43H,4-7,9-11,14-18,21-24H2,1-3H3,(H,42,44,45)/t25?,26?,27?,29-,30?/m0/s1. The van der Waals surface area contributed by atoms with Gasteiger partial charge in [0.15, 0.2) is 5.82 Å². The highest BCUT2D eigenvalue weighted by molar-refractivity contribution is 6.32. The fourth-order valence-electron chi connectivity index (χ4n) is 7.74. The molecule has 3 fully saturated rings. The lowest BCUT2D eigenvalue weighted by Gasteiger charge is -2.27.